The lowest BCUT2D eigenvalue weighted by molar-refractivity contribution is -0.119. The van der Waals surface area contributed by atoms with E-state index in [2.05, 4.69) is 0 Å². The number of amides is 2. The number of rotatable bonds is 3. The zero-order valence-corrected chi connectivity index (χ0v) is 19.0. The van der Waals surface area contributed by atoms with Gasteiger partial charge in [-0.25, -0.2) is 9.69 Å². The quantitative estimate of drug-likeness (QED) is 0.446. The zero-order chi connectivity index (χ0) is 22.2. The van der Waals surface area contributed by atoms with Gasteiger partial charge < -0.3 is 4.74 Å². The summed E-state index contributed by atoms with van der Waals surface area (Å²) in [5.74, 6) is -0.353. The number of hydrogen-bond donors (Lipinski definition) is 0. The molecule has 0 aromatic heterocycles. The molecule has 4 rings (SSSR count). The number of nitrogens with zero attached hydrogens (tertiary/aromatic N) is 1. The van der Waals surface area contributed by atoms with Crippen LogP contribution in [0.15, 0.2) is 83.8 Å². The van der Waals surface area contributed by atoms with Crippen LogP contribution in [-0.2, 0) is 14.3 Å². The van der Waals surface area contributed by atoms with E-state index in [1.807, 2.05) is 60.7 Å². The lowest BCUT2D eigenvalue weighted by Crippen LogP contribution is -2.44. The molecule has 0 radical (unpaired) electrons. The molecule has 158 valence electrons. The van der Waals surface area contributed by atoms with Crippen molar-refractivity contribution in [1.29, 1.82) is 0 Å². The maximum Gasteiger partial charge on any atom is 0.421 e. The van der Waals surface area contributed by atoms with Crippen molar-refractivity contribution in [2.45, 2.75) is 36.0 Å². The Labute approximate surface area is 191 Å². The Morgan fingerprint density at radius 1 is 0.935 bits per heavy atom. The van der Waals surface area contributed by atoms with Gasteiger partial charge in [0.05, 0.1) is 5.69 Å². The molecular weight excluding hydrogens is 430 g/mol. The third-order valence-corrected chi connectivity index (χ3v) is 6.57. The van der Waals surface area contributed by atoms with Crippen molar-refractivity contribution < 1.29 is 14.3 Å². The van der Waals surface area contributed by atoms with Crippen LogP contribution < -0.4 is 4.90 Å². The molecule has 0 saturated carbocycles. The van der Waals surface area contributed by atoms with Crippen molar-refractivity contribution in [3.8, 4) is 0 Å². The Kier molecular flexibility index (Phi) is 5.58. The number of hydrogen-bond acceptors (Lipinski definition) is 4. The first-order valence-electron chi connectivity index (χ1n) is 9.89. The van der Waals surface area contributed by atoms with E-state index in [-0.39, 0.29) is 5.91 Å². The number of imide groups is 1. The number of anilines is 1. The second-order valence-electron chi connectivity index (χ2n) is 8.24. The van der Waals surface area contributed by atoms with Crippen molar-refractivity contribution in [3.05, 3.63) is 95.0 Å². The molecular formula is C25H22ClNO3S. The van der Waals surface area contributed by atoms with Gasteiger partial charge in [-0.2, -0.15) is 0 Å². The van der Waals surface area contributed by atoms with E-state index in [9.17, 15) is 9.59 Å². The molecule has 4 nitrogen and oxygen atoms in total. The van der Waals surface area contributed by atoms with Gasteiger partial charge in [-0.15, -0.1) is 0 Å². The van der Waals surface area contributed by atoms with Gasteiger partial charge >= 0.3 is 6.09 Å². The fourth-order valence-electron chi connectivity index (χ4n) is 3.63. The molecule has 1 aliphatic heterocycles. The Morgan fingerprint density at radius 3 is 2.19 bits per heavy atom. The van der Waals surface area contributed by atoms with Gasteiger partial charge in [0.2, 0.25) is 0 Å². The minimum absolute atomic E-state index is 0.353. The second-order valence-corrected chi connectivity index (χ2v) is 9.97. The molecule has 0 fully saturated rings. The molecule has 1 aliphatic rings. The fraction of sp³-hybridized carbons (Fsp3) is 0.200. The molecule has 3 aromatic carbocycles. The largest absolute Gasteiger partial charge is 0.443 e. The van der Waals surface area contributed by atoms with E-state index in [4.69, 9.17) is 16.3 Å². The Morgan fingerprint density at radius 2 is 1.55 bits per heavy atom. The van der Waals surface area contributed by atoms with Crippen molar-refractivity contribution in [3.63, 3.8) is 0 Å². The zero-order valence-electron chi connectivity index (χ0n) is 17.5. The predicted molar refractivity (Wildman–Crippen MR) is 125 cm³/mol. The highest BCUT2D eigenvalue weighted by atomic mass is 35.5. The summed E-state index contributed by atoms with van der Waals surface area (Å²) in [7, 11) is 0. The maximum atomic E-state index is 14.1. The minimum atomic E-state index is -1.14. The second kappa shape index (κ2) is 8.06. The van der Waals surface area contributed by atoms with E-state index >= 15 is 0 Å². The molecule has 0 unspecified atom stereocenters. The first-order chi connectivity index (χ1) is 14.7. The van der Waals surface area contributed by atoms with Crippen molar-refractivity contribution in [2.24, 2.45) is 0 Å². The van der Waals surface area contributed by atoms with Gasteiger partial charge in [-0.3, -0.25) is 4.79 Å². The van der Waals surface area contributed by atoms with Crippen molar-refractivity contribution in [1.82, 2.24) is 0 Å². The minimum Gasteiger partial charge on any atom is -0.443 e. The summed E-state index contributed by atoms with van der Waals surface area (Å²) in [6, 6.07) is 24.2. The highest BCUT2D eigenvalue weighted by molar-refractivity contribution is 8.01. The predicted octanol–water partition coefficient (Wildman–Crippen LogP) is 6.66. The lowest BCUT2D eigenvalue weighted by atomic mass is 9.91. The number of halogens is 1. The average Bonchev–Trinajstić information content (AvgIpc) is 2.98. The van der Waals surface area contributed by atoms with Gasteiger partial charge in [-0.1, -0.05) is 71.9 Å². The number of thioether (sulfide) groups is 1. The van der Waals surface area contributed by atoms with E-state index in [1.54, 1.807) is 39.0 Å². The van der Waals surface area contributed by atoms with Crippen LogP contribution >= 0.6 is 23.4 Å². The molecule has 0 bridgehead atoms. The normalized spacial score (nSPS) is 18.1. The highest BCUT2D eigenvalue weighted by Crippen LogP contribution is 2.55. The van der Waals surface area contributed by atoms with Crippen LogP contribution in [0.2, 0.25) is 5.02 Å². The van der Waals surface area contributed by atoms with Gasteiger partial charge in [0.25, 0.3) is 5.91 Å². The number of fused-ring (bicyclic) bond motifs is 1. The van der Waals surface area contributed by atoms with E-state index in [1.165, 1.54) is 11.8 Å². The molecule has 6 heteroatoms. The number of carbonyl (C=O) groups is 2. The first kappa shape index (κ1) is 21.5. The summed E-state index contributed by atoms with van der Waals surface area (Å²) in [5.41, 5.74) is 1.34. The summed E-state index contributed by atoms with van der Waals surface area (Å²) in [6.07, 6.45) is -0.681. The molecule has 0 N–H and O–H groups in total. The summed E-state index contributed by atoms with van der Waals surface area (Å²) in [6.45, 7) is 5.35. The van der Waals surface area contributed by atoms with Gasteiger partial charge in [0, 0.05) is 15.5 Å². The molecule has 0 saturated heterocycles. The summed E-state index contributed by atoms with van der Waals surface area (Å²) in [4.78, 5) is 29.2. The summed E-state index contributed by atoms with van der Waals surface area (Å²) >= 11 is 7.46. The number of benzene rings is 3. The number of para-hydroxylation sites is 1. The van der Waals surface area contributed by atoms with Crippen LogP contribution in [0.25, 0.3) is 0 Å². The molecule has 2 amide bonds. The Bertz CT molecular complexity index is 1130. The standard InChI is InChI=1S/C25H22ClNO3S/c1-24(2,3)30-23(29)27-21-12-8-7-11-20(21)25(22(27)28,17-9-5-4-6-10-17)31-19-15-13-18(26)14-16-19/h4-16H,1-3H3/t25-/m0/s1. The van der Waals surface area contributed by atoms with Crippen molar-refractivity contribution >= 4 is 41.1 Å². The first-order valence-corrected chi connectivity index (χ1v) is 11.1. The smallest absolute Gasteiger partial charge is 0.421 e. The van der Waals surface area contributed by atoms with Crippen LogP contribution in [0.3, 0.4) is 0 Å². The maximum absolute atomic E-state index is 14.1. The van der Waals surface area contributed by atoms with Crippen LogP contribution in [0, 0.1) is 0 Å². The average molecular weight is 452 g/mol. The van der Waals surface area contributed by atoms with E-state index < -0.39 is 16.4 Å². The van der Waals surface area contributed by atoms with Crippen LogP contribution in [-0.4, -0.2) is 17.6 Å². The molecule has 3 aromatic rings. The third kappa shape index (κ3) is 3.95. The van der Waals surface area contributed by atoms with Gasteiger partial charge in [0.15, 0.2) is 4.75 Å². The number of carbonyl (C=O) groups excluding carboxylic acids is 2. The lowest BCUT2D eigenvalue weighted by Gasteiger charge is -2.29. The summed E-state index contributed by atoms with van der Waals surface area (Å²) in [5, 5.41) is 0.617. The molecule has 0 spiro atoms. The van der Waals surface area contributed by atoms with E-state index in [0.717, 1.165) is 20.9 Å². The van der Waals surface area contributed by atoms with Crippen molar-refractivity contribution in [2.75, 3.05) is 4.90 Å². The molecule has 0 aliphatic carbocycles. The SMILES string of the molecule is CC(C)(C)OC(=O)N1C(=O)[C@](Sc2ccc(Cl)cc2)(c2ccccc2)c2ccccc21. The monoisotopic (exact) mass is 451 g/mol. The van der Waals surface area contributed by atoms with Crippen LogP contribution in [0.5, 0.6) is 0 Å². The molecule has 31 heavy (non-hydrogen) atoms. The Hall–Kier alpha value is -2.76. The van der Waals surface area contributed by atoms with Gasteiger partial charge in [0.1, 0.15) is 5.60 Å². The topological polar surface area (TPSA) is 46.6 Å². The Balaban J connectivity index is 1.91. The van der Waals surface area contributed by atoms with Crippen LogP contribution in [0.4, 0.5) is 10.5 Å². The molecule has 1 atom stereocenters. The van der Waals surface area contributed by atoms with Gasteiger partial charge in [-0.05, 0) is 56.7 Å². The number of ether oxygens (including phenoxy) is 1. The van der Waals surface area contributed by atoms with Crippen LogP contribution in [0.1, 0.15) is 31.9 Å². The van der Waals surface area contributed by atoms with E-state index in [0.29, 0.717) is 10.7 Å². The third-order valence-electron chi connectivity index (χ3n) is 4.87. The molecule has 1 heterocycles. The fourth-order valence-corrected chi connectivity index (χ4v) is 5.09. The summed E-state index contributed by atoms with van der Waals surface area (Å²) < 4.78 is 4.45. The highest BCUT2D eigenvalue weighted by Gasteiger charge is 2.55.